The van der Waals surface area contributed by atoms with E-state index in [9.17, 15) is 0 Å². The maximum absolute atomic E-state index is 6.08. The summed E-state index contributed by atoms with van der Waals surface area (Å²) in [6.45, 7) is 9.57. The van der Waals surface area contributed by atoms with Gasteiger partial charge in [-0.15, -0.1) is 0 Å². The topological polar surface area (TPSA) is 62.9 Å². The minimum Gasteiger partial charge on any atom is -0.380 e. The summed E-state index contributed by atoms with van der Waals surface area (Å²) in [6, 6.07) is 8.03. The van der Waals surface area contributed by atoms with Crippen LogP contribution in [-0.4, -0.2) is 44.1 Å². The SMILES string of the molecule is COCc1ccccc1NC(N)=NCC1CCN(CCC(C)C)CC1. The Hall–Kier alpha value is -1.59. The molecule has 5 heteroatoms. The smallest absolute Gasteiger partial charge is 0.193 e. The molecule has 25 heavy (non-hydrogen) atoms. The minimum absolute atomic E-state index is 0.491. The molecule has 0 amide bonds. The molecular weight excluding hydrogens is 312 g/mol. The van der Waals surface area contributed by atoms with Crippen molar-refractivity contribution in [2.24, 2.45) is 22.6 Å². The number of aliphatic imine (C=N–C) groups is 1. The van der Waals surface area contributed by atoms with Crippen molar-refractivity contribution in [2.75, 3.05) is 38.6 Å². The monoisotopic (exact) mass is 346 g/mol. The number of para-hydroxylation sites is 1. The predicted octanol–water partition coefficient (Wildman–Crippen LogP) is 3.32. The zero-order valence-electron chi connectivity index (χ0n) is 16.0. The summed E-state index contributed by atoms with van der Waals surface area (Å²) < 4.78 is 5.22. The van der Waals surface area contributed by atoms with Crippen LogP contribution in [0, 0.1) is 11.8 Å². The number of nitrogens with one attached hydrogen (secondary N) is 1. The summed E-state index contributed by atoms with van der Waals surface area (Å²) in [5, 5.41) is 3.21. The summed E-state index contributed by atoms with van der Waals surface area (Å²) in [6.07, 6.45) is 3.73. The number of rotatable bonds is 8. The molecule has 0 unspecified atom stereocenters. The number of piperidine rings is 1. The zero-order valence-corrected chi connectivity index (χ0v) is 16.0. The molecule has 3 N–H and O–H groups in total. The van der Waals surface area contributed by atoms with Crippen molar-refractivity contribution < 1.29 is 4.74 Å². The number of ether oxygens (including phenoxy) is 1. The highest BCUT2D eigenvalue weighted by Crippen LogP contribution is 2.19. The highest BCUT2D eigenvalue weighted by atomic mass is 16.5. The largest absolute Gasteiger partial charge is 0.380 e. The molecule has 0 aromatic heterocycles. The highest BCUT2D eigenvalue weighted by Gasteiger charge is 2.18. The number of guanidine groups is 1. The minimum atomic E-state index is 0.491. The van der Waals surface area contributed by atoms with Crippen LogP contribution in [0.2, 0.25) is 0 Å². The summed E-state index contributed by atoms with van der Waals surface area (Å²) in [4.78, 5) is 7.15. The second-order valence-corrected chi connectivity index (χ2v) is 7.41. The summed E-state index contributed by atoms with van der Waals surface area (Å²) in [7, 11) is 1.70. The van der Waals surface area contributed by atoms with Gasteiger partial charge in [0.25, 0.3) is 0 Å². The number of likely N-dealkylation sites (tertiary alicyclic amines) is 1. The standard InChI is InChI=1S/C20H34N4O/c1-16(2)8-11-24-12-9-17(10-13-24)14-22-20(21)23-19-7-5-4-6-18(19)15-25-3/h4-7,16-17H,8-15H2,1-3H3,(H3,21,22,23). The van der Waals surface area contributed by atoms with Crippen LogP contribution in [0.4, 0.5) is 5.69 Å². The lowest BCUT2D eigenvalue weighted by molar-refractivity contribution is 0.180. The van der Waals surface area contributed by atoms with E-state index < -0.39 is 0 Å². The molecule has 1 aliphatic heterocycles. The normalized spacial score (nSPS) is 17.2. The Morgan fingerprint density at radius 1 is 1.32 bits per heavy atom. The molecule has 140 valence electrons. The van der Waals surface area contributed by atoms with E-state index in [0.29, 0.717) is 18.5 Å². The van der Waals surface area contributed by atoms with Crippen LogP contribution >= 0.6 is 0 Å². The van der Waals surface area contributed by atoms with Crippen LogP contribution < -0.4 is 11.1 Å². The first-order chi connectivity index (χ1) is 12.1. The molecule has 0 aliphatic carbocycles. The molecule has 2 rings (SSSR count). The Morgan fingerprint density at radius 2 is 2.04 bits per heavy atom. The fourth-order valence-corrected chi connectivity index (χ4v) is 3.16. The lowest BCUT2D eigenvalue weighted by Crippen LogP contribution is -2.36. The highest BCUT2D eigenvalue weighted by molar-refractivity contribution is 5.92. The van der Waals surface area contributed by atoms with E-state index in [0.717, 1.165) is 23.7 Å². The molecule has 0 radical (unpaired) electrons. The number of benzene rings is 1. The van der Waals surface area contributed by atoms with Crippen molar-refractivity contribution in [3.8, 4) is 0 Å². The van der Waals surface area contributed by atoms with Crippen LogP contribution in [0.15, 0.2) is 29.3 Å². The van der Waals surface area contributed by atoms with E-state index in [4.69, 9.17) is 10.5 Å². The first kappa shape index (κ1) is 19.7. The third-order valence-corrected chi connectivity index (χ3v) is 4.83. The molecule has 1 saturated heterocycles. The molecule has 1 aromatic rings. The summed E-state index contributed by atoms with van der Waals surface area (Å²) in [5.41, 5.74) is 8.14. The van der Waals surface area contributed by atoms with E-state index in [2.05, 4.69) is 29.1 Å². The maximum Gasteiger partial charge on any atom is 0.193 e. The van der Waals surface area contributed by atoms with Gasteiger partial charge in [-0.05, 0) is 56.8 Å². The van der Waals surface area contributed by atoms with Gasteiger partial charge in [0.15, 0.2) is 5.96 Å². The average molecular weight is 347 g/mol. The molecule has 1 fully saturated rings. The fourth-order valence-electron chi connectivity index (χ4n) is 3.16. The lowest BCUT2D eigenvalue weighted by Gasteiger charge is -2.31. The number of anilines is 1. The number of nitrogens with two attached hydrogens (primary N) is 1. The second kappa shape index (κ2) is 10.4. The molecule has 1 heterocycles. The van der Waals surface area contributed by atoms with Crippen molar-refractivity contribution in [3.05, 3.63) is 29.8 Å². The van der Waals surface area contributed by atoms with E-state index in [1.807, 2.05) is 24.3 Å². The van der Waals surface area contributed by atoms with Crippen LogP contribution in [0.3, 0.4) is 0 Å². The second-order valence-electron chi connectivity index (χ2n) is 7.41. The Bertz CT molecular complexity index is 536. The number of nitrogens with zero attached hydrogens (tertiary/aromatic N) is 2. The van der Waals surface area contributed by atoms with Crippen LogP contribution in [0.5, 0.6) is 0 Å². The molecule has 5 nitrogen and oxygen atoms in total. The van der Waals surface area contributed by atoms with Crippen molar-refractivity contribution >= 4 is 11.6 Å². The molecule has 0 bridgehead atoms. The summed E-state index contributed by atoms with van der Waals surface area (Å²) >= 11 is 0. The Labute approximate surface area is 152 Å². The first-order valence-corrected chi connectivity index (χ1v) is 9.44. The van der Waals surface area contributed by atoms with Gasteiger partial charge in [0.1, 0.15) is 0 Å². The van der Waals surface area contributed by atoms with E-state index in [-0.39, 0.29) is 0 Å². The van der Waals surface area contributed by atoms with Gasteiger partial charge in [0, 0.05) is 24.9 Å². The Balaban J connectivity index is 1.77. The zero-order chi connectivity index (χ0) is 18.1. The van der Waals surface area contributed by atoms with Crippen molar-refractivity contribution in [3.63, 3.8) is 0 Å². The van der Waals surface area contributed by atoms with Crippen molar-refractivity contribution in [1.29, 1.82) is 0 Å². The van der Waals surface area contributed by atoms with Crippen LogP contribution in [0.25, 0.3) is 0 Å². The molecular formula is C20H34N4O. The average Bonchev–Trinajstić information content (AvgIpc) is 2.61. The van der Waals surface area contributed by atoms with Crippen LogP contribution in [0.1, 0.15) is 38.7 Å². The number of methoxy groups -OCH3 is 1. The van der Waals surface area contributed by atoms with E-state index >= 15 is 0 Å². The first-order valence-electron chi connectivity index (χ1n) is 9.44. The Kier molecular flexibility index (Phi) is 8.22. The molecule has 0 atom stereocenters. The maximum atomic E-state index is 6.08. The fraction of sp³-hybridized carbons (Fsp3) is 0.650. The van der Waals surface area contributed by atoms with Gasteiger partial charge in [-0.25, -0.2) is 0 Å². The van der Waals surface area contributed by atoms with Gasteiger partial charge in [-0.2, -0.15) is 0 Å². The molecule has 1 aromatic carbocycles. The number of hydrogen-bond acceptors (Lipinski definition) is 3. The number of hydrogen-bond donors (Lipinski definition) is 2. The third kappa shape index (κ3) is 7.04. The molecule has 0 saturated carbocycles. The molecule has 1 aliphatic rings. The van der Waals surface area contributed by atoms with Crippen molar-refractivity contribution in [2.45, 2.75) is 39.7 Å². The van der Waals surface area contributed by atoms with Crippen molar-refractivity contribution in [1.82, 2.24) is 4.90 Å². The molecule has 0 spiro atoms. The quantitative estimate of drug-likeness (QED) is 0.560. The van der Waals surface area contributed by atoms with Gasteiger partial charge in [-0.3, -0.25) is 4.99 Å². The van der Waals surface area contributed by atoms with Gasteiger partial charge in [0.2, 0.25) is 0 Å². The van der Waals surface area contributed by atoms with Crippen LogP contribution in [-0.2, 0) is 11.3 Å². The van der Waals surface area contributed by atoms with Gasteiger partial charge < -0.3 is 20.7 Å². The van der Waals surface area contributed by atoms with E-state index in [1.54, 1.807) is 7.11 Å². The predicted molar refractivity (Wildman–Crippen MR) is 106 cm³/mol. The van der Waals surface area contributed by atoms with Gasteiger partial charge in [-0.1, -0.05) is 32.0 Å². The Morgan fingerprint density at radius 3 is 2.72 bits per heavy atom. The third-order valence-electron chi connectivity index (χ3n) is 4.83. The lowest BCUT2D eigenvalue weighted by atomic mass is 9.96. The van der Waals surface area contributed by atoms with Gasteiger partial charge in [0.05, 0.1) is 6.61 Å². The summed E-state index contributed by atoms with van der Waals surface area (Å²) in [5.74, 6) is 1.92. The van der Waals surface area contributed by atoms with E-state index in [1.165, 1.54) is 38.9 Å². The van der Waals surface area contributed by atoms with Gasteiger partial charge >= 0.3 is 0 Å².